The Morgan fingerprint density at radius 3 is 2.57 bits per heavy atom. The molecule has 0 saturated carbocycles. The minimum Gasteiger partial charge on any atom is -0.457 e. The summed E-state index contributed by atoms with van der Waals surface area (Å²) < 4.78 is 21.0. The predicted molar refractivity (Wildman–Crippen MR) is 87.3 cm³/mol. The number of ether oxygens (including phenoxy) is 1. The van der Waals surface area contributed by atoms with Crippen molar-refractivity contribution in [2.75, 3.05) is 6.54 Å². The lowest BCUT2D eigenvalue weighted by molar-refractivity contribution is 0.445. The largest absolute Gasteiger partial charge is 0.457 e. The standard InChI is InChI=1S/C17H19BrFNO/c1-3-11-20-12(2)17-15(19)5-4-6-16(17)21-14-9-7-13(18)8-10-14/h4-10,12,20H,3,11H2,1-2H3. The summed E-state index contributed by atoms with van der Waals surface area (Å²) in [6.07, 6.45) is 1.00. The highest BCUT2D eigenvalue weighted by atomic mass is 79.9. The maximum atomic E-state index is 14.2. The smallest absolute Gasteiger partial charge is 0.135 e. The Hall–Kier alpha value is -1.39. The number of benzene rings is 2. The summed E-state index contributed by atoms with van der Waals surface area (Å²) in [7, 11) is 0. The molecule has 21 heavy (non-hydrogen) atoms. The van der Waals surface area contributed by atoms with Gasteiger partial charge >= 0.3 is 0 Å². The fourth-order valence-corrected chi connectivity index (χ4v) is 2.38. The number of halogens is 2. The summed E-state index contributed by atoms with van der Waals surface area (Å²) >= 11 is 3.38. The second-order valence-corrected chi connectivity index (χ2v) is 5.80. The van der Waals surface area contributed by atoms with E-state index in [-0.39, 0.29) is 11.9 Å². The van der Waals surface area contributed by atoms with Crippen LogP contribution in [0.1, 0.15) is 31.9 Å². The maximum Gasteiger partial charge on any atom is 0.135 e. The average molecular weight is 352 g/mol. The summed E-state index contributed by atoms with van der Waals surface area (Å²) in [4.78, 5) is 0. The normalized spacial score (nSPS) is 12.2. The van der Waals surface area contributed by atoms with Gasteiger partial charge in [-0.05, 0) is 56.3 Å². The fraction of sp³-hybridized carbons (Fsp3) is 0.294. The molecular weight excluding hydrogens is 333 g/mol. The molecule has 0 aliphatic carbocycles. The van der Waals surface area contributed by atoms with E-state index in [1.54, 1.807) is 12.1 Å². The Kier molecular flexibility index (Phi) is 5.76. The van der Waals surface area contributed by atoms with Crippen LogP contribution < -0.4 is 10.1 Å². The zero-order valence-corrected chi connectivity index (χ0v) is 13.8. The molecule has 1 atom stereocenters. The maximum absolute atomic E-state index is 14.2. The van der Waals surface area contributed by atoms with Crippen LogP contribution >= 0.6 is 15.9 Å². The molecule has 0 saturated heterocycles. The predicted octanol–water partition coefficient (Wildman–Crippen LogP) is 5.44. The molecule has 4 heteroatoms. The molecule has 0 aliphatic heterocycles. The van der Waals surface area contributed by atoms with Gasteiger partial charge in [-0.1, -0.05) is 28.9 Å². The molecule has 1 N–H and O–H groups in total. The Bertz CT molecular complexity index is 586. The van der Waals surface area contributed by atoms with Crippen LogP contribution in [0.3, 0.4) is 0 Å². The van der Waals surface area contributed by atoms with Gasteiger partial charge < -0.3 is 10.1 Å². The molecule has 0 heterocycles. The van der Waals surface area contributed by atoms with Gasteiger partial charge in [-0.25, -0.2) is 4.39 Å². The first-order chi connectivity index (χ1) is 10.1. The first kappa shape index (κ1) is 16.0. The van der Waals surface area contributed by atoms with Gasteiger partial charge in [0, 0.05) is 16.1 Å². The topological polar surface area (TPSA) is 21.3 Å². The van der Waals surface area contributed by atoms with Gasteiger partial charge in [-0.3, -0.25) is 0 Å². The Balaban J connectivity index is 2.26. The van der Waals surface area contributed by atoms with Gasteiger partial charge in [-0.2, -0.15) is 0 Å². The van der Waals surface area contributed by atoms with Crippen molar-refractivity contribution < 1.29 is 9.13 Å². The van der Waals surface area contributed by atoms with Crippen molar-refractivity contribution in [1.29, 1.82) is 0 Å². The van der Waals surface area contributed by atoms with Gasteiger partial charge in [0.25, 0.3) is 0 Å². The third-order valence-corrected chi connectivity index (χ3v) is 3.72. The van der Waals surface area contributed by atoms with Crippen LogP contribution in [-0.2, 0) is 0 Å². The molecule has 2 rings (SSSR count). The highest BCUT2D eigenvalue weighted by Crippen LogP contribution is 2.32. The Morgan fingerprint density at radius 1 is 1.19 bits per heavy atom. The number of rotatable bonds is 6. The monoisotopic (exact) mass is 351 g/mol. The first-order valence-electron chi connectivity index (χ1n) is 7.07. The quantitative estimate of drug-likeness (QED) is 0.747. The molecule has 0 radical (unpaired) electrons. The van der Waals surface area contributed by atoms with Crippen LogP contribution in [0, 0.1) is 5.82 Å². The van der Waals surface area contributed by atoms with E-state index >= 15 is 0 Å². The molecule has 2 aromatic carbocycles. The van der Waals surface area contributed by atoms with Crippen molar-refractivity contribution in [3.8, 4) is 11.5 Å². The molecule has 2 aromatic rings. The van der Waals surface area contributed by atoms with Gasteiger partial charge in [0.2, 0.25) is 0 Å². The van der Waals surface area contributed by atoms with E-state index < -0.39 is 0 Å². The molecule has 2 nitrogen and oxygen atoms in total. The minimum atomic E-state index is -0.249. The molecule has 0 spiro atoms. The van der Waals surface area contributed by atoms with Crippen molar-refractivity contribution in [3.05, 3.63) is 58.3 Å². The lowest BCUT2D eigenvalue weighted by Crippen LogP contribution is -2.20. The molecule has 0 amide bonds. The van der Waals surface area contributed by atoms with E-state index in [4.69, 9.17) is 4.74 Å². The molecular formula is C17H19BrFNO. The third kappa shape index (κ3) is 4.29. The van der Waals surface area contributed by atoms with Gasteiger partial charge in [-0.15, -0.1) is 0 Å². The van der Waals surface area contributed by atoms with Crippen molar-refractivity contribution in [1.82, 2.24) is 5.32 Å². The fourth-order valence-electron chi connectivity index (χ4n) is 2.12. The minimum absolute atomic E-state index is 0.100. The van der Waals surface area contributed by atoms with Gasteiger partial charge in [0.05, 0.1) is 0 Å². The Labute approximate surface area is 133 Å². The van der Waals surface area contributed by atoms with Crippen LogP contribution in [0.2, 0.25) is 0 Å². The van der Waals surface area contributed by atoms with E-state index in [0.717, 1.165) is 17.4 Å². The van der Waals surface area contributed by atoms with Crippen LogP contribution in [0.4, 0.5) is 4.39 Å². The van der Waals surface area contributed by atoms with Crippen LogP contribution in [0.25, 0.3) is 0 Å². The number of nitrogens with one attached hydrogen (secondary N) is 1. The second kappa shape index (κ2) is 7.57. The van der Waals surface area contributed by atoms with Gasteiger partial charge in [0.15, 0.2) is 0 Å². The molecule has 0 aromatic heterocycles. The average Bonchev–Trinajstić information content (AvgIpc) is 2.47. The van der Waals surface area contributed by atoms with Crippen molar-refractivity contribution in [3.63, 3.8) is 0 Å². The zero-order chi connectivity index (χ0) is 15.2. The highest BCUT2D eigenvalue weighted by Gasteiger charge is 2.16. The number of hydrogen-bond acceptors (Lipinski definition) is 2. The van der Waals surface area contributed by atoms with Crippen molar-refractivity contribution >= 4 is 15.9 Å². The molecule has 0 aliphatic rings. The molecule has 0 bridgehead atoms. The summed E-state index contributed by atoms with van der Waals surface area (Å²) in [6.45, 7) is 4.87. The summed E-state index contributed by atoms with van der Waals surface area (Å²) in [5, 5.41) is 3.30. The van der Waals surface area contributed by atoms with E-state index in [1.807, 2.05) is 31.2 Å². The lowest BCUT2D eigenvalue weighted by atomic mass is 10.1. The van der Waals surface area contributed by atoms with E-state index in [2.05, 4.69) is 28.2 Å². The van der Waals surface area contributed by atoms with E-state index in [9.17, 15) is 4.39 Å². The molecule has 0 fully saturated rings. The lowest BCUT2D eigenvalue weighted by Gasteiger charge is -2.18. The van der Waals surface area contributed by atoms with E-state index in [0.29, 0.717) is 17.1 Å². The zero-order valence-electron chi connectivity index (χ0n) is 12.2. The first-order valence-corrected chi connectivity index (χ1v) is 7.86. The number of hydrogen-bond donors (Lipinski definition) is 1. The Morgan fingerprint density at radius 2 is 1.90 bits per heavy atom. The van der Waals surface area contributed by atoms with Crippen molar-refractivity contribution in [2.45, 2.75) is 26.3 Å². The summed E-state index contributed by atoms with van der Waals surface area (Å²) in [5.74, 6) is 0.988. The highest BCUT2D eigenvalue weighted by molar-refractivity contribution is 9.10. The van der Waals surface area contributed by atoms with Crippen LogP contribution in [-0.4, -0.2) is 6.54 Å². The summed E-state index contributed by atoms with van der Waals surface area (Å²) in [6, 6.07) is 12.3. The van der Waals surface area contributed by atoms with Crippen LogP contribution in [0.15, 0.2) is 46.9 Å². The molecule has 112 valence electrons. The molecule has 1 unspecified atom stereocenters. The second-order valence-electron chi connectivity index (χ2n) is 4.88. The van der Waals surface area contributed by atoms with Crippen LogP contribution in [0.5, 0.6) is 11.5 Å². The van der Waals surface area contributed by atoms with Crippen molar-refractivity contribution in [2.24, 2.45) is 0 Å². The SMILES string of the molecule is CCCNC(C)c1c(F)cccc1Oc1ccc(Br)cc1. The van der Waals surface area contributed by atoms with Gasteiger partial charge in [0.1, 0.15) is 17.3 Å². The summed E-state index contributed by atoms with van der Waals surface area (Å²) in [5.41, 5.74) is 0.564. The third-order valence-electron chi connectivity index (χ3n) is 3.19. The van der Waals surface area contributed by atoms with E-state index in [1.165, 1.54) is 6.07 Å².